The van der Waals surface area contributed by atoms with Crippen LogP contribution in [0.5, 0.6) is 0 Å². The average Bonchev–Trinajstić information content (AvgIpc) is 2.86. The lowest BCUT2D eigenvalue weighted by atomic mass is 10.2. The maximum absolute atomic E-state index is 13.4. The van der Waals surface area contributed by atoms with Crippen LogP contribution in [0.25, 0.3) is 21.9 Å². The molecule has 0 fully saturated rings. The summed E-state index contributed by atoms with van der Waals surface area (Å²) in [5, 5.41) is 4.14. The number of anilines is 1. The molecule has 0 bridgehead atoms. The summed E-state index contributed by atoms with van der Waals surface area (Å²) in [5.74, 6) is 0.532. The Hall–Kier alpha value is -2.17. The smallest absolute Gasteiger partial charge is 0.153 e. The molecule has 2 N–H and O–H groups in total. The highest BCUT2D eigenvalue weighted by Gasteiger charge is 2.10. The zero-order valence-electron chi connectivity index (χ0n) is 12.1. The van der Waals surface area contributed by atoms with Gasteiger partial charge in [-0.05, 0) is 24.6 Å². The third kappa shape index (κ3) is 2.82. The Labute approximate surface area is 122 Å². The van der Waals surface area contributed by atoms with E-state index in [1.807, 2.05) is 0 Å². The van der Waals surface area contributed by atoms with Gasteiger partial charge in [0.25, 0.3) is 0 Å². The molecule has 3 aromatic rings. The molecular formula is C16H19FN4. The summed E-state index contributed by atoms with van der Waals surface area (Å²) < 4.78 is 13.4. The number of nitrogens with one attached hydrogen (secondary N) is 2. The minimum atomic E-state index is -0.254. The fraction of sp³-hybridized carbons (Fsp3) is 0.375. The Bertz CT molecular complexity index is 750. The minimum Gasteiger partial charge on any atom is -0.368 e. The van der Waals surface area contributed by atoms with Crippen molar-refractivity contribution in [2.24, 2.45) is 0 Å². The van der Waals surface area contributed by atoms with E-state index < -0.39 is 0 Å². The summed E-state index contributed by atoms with van der Waals surface area (Å²) in [4.78, 5) is 11.8. The number of unbranched alkanes of at least 4 members (excludes halogenated alkanes) is 3. The summed E-state index contributed by atoms with van der Waals surface area (Å²) in [6.07, 6.45) is 6.34. The monoisotopic (exact) mass is 286 g/mol. The molecule has 110 valence electrons. The molecule has 0 spiro atoms. The van der Waals surface area contributed by atoms with E-state index in [2.05, 4.69) is 27.2 Å². The average molecular weight is 286 g/mol. The molecule has 0 aliphatic rings. The Morgan fingerprint density at radius 2 is 2.10 bits per heavy atom. The van der Waals surface area contributed by atoms with Crippen molar-refractivity contribution in [3.8, 4) is 0 Å². The van der Waals surface area contributed by atoms with Crippen LogP contribution in [0.4, 0.5) is 10.2 Å². The fourth-order valence-corrected chi connectivity index (χ4v) is 2.56. The van der Waals surface area contributed by atoms with Gasteiger partial charge in [-0.1, -0.05) is 26.2 Å². The minimum absolute atomic E-state index is 0.254. The van der Waals surface area contributed by atoms with Gasteiger partial charge in [-0.25, -0.2) is 14.4 Å². The summed E-state index contributed by atoms with van der Waals surface area (Å²) in [7, 11) is 0. The number of H-pyrrole nitrogens is 1. The van der Waals surface area contributed by atoms with Crippen molar-refractivity contribution in [3.05, 3.63) is 30.3 Å². The lowest BCUT2D eigenvalue weighted by Gasteiger charge is -2.05. The van der Waals surface area contributed by atoms with E-state index in [1.54, 1.807) is 6.07 Å². The molecule has 0 saturated heterocycles. The number of aromatic nitrogens is 3. The lowest BCUT2D eigenvalue weighted by molar-refractivity contribution is 0.630. The molecule has 0 amide bonds. The molecule has 1 aromatic carbocycles. The van der Waals surface area contributed by atoms with Crippen molar-refractivity contribution in [2.75, 3.05) is 11.9 Å². The molecule has 0 atom stereocenters. The SMILES string of the molecule is CCCCCCNc1ncnc2c1[nH]c1ccc(F)cc12. The second-order valence-electron chi connectivity index (χ2n) is 5.25. The number of nitrogens with zero attached hydrogens (tertiary/aromatic N) is 2. The van der Waals surface area contributed by atoms with Gasteiger partial charge < -0.3 is 10.3 Å². The van der Waals surface area contributed by atoms with Gasteiger partial charge in [-0.3, -0.25) is 0 Å². The van der Waals surface area contributed by atoms with Crippen molar-refractivity contribution >= 4 is 27.8 Å². The van der Waals surface area contributed by atoms with E-state index >= 15 is 0 Å². The quantitative estimate of drug-likeness (QED) is 0.666. The highest BCUT2D eigenvalue weighted by Crippen LogP contribution is 2.27. The standard InChI is InChI=1S/C16H19FN4/c1-2-3-4-5-8-18-16-15-14(19-10-20-16)12-9-11(17)6-7-13(12)21-15/h6-7,9-10,21H,2-5,8H2,1H3,(H,18,19,20). The highest BCUT2D eigenvalue weighted by atomic mass is 19.1. The van der Waals surface area contributed by atoms with E-state index in [-0.39, 0.29) is 5.82 Å². The summed E-state index contributed by atoms with van der Waals surface area (Å²) in [6, 6.07) is 4.69. The zero-order valence-corrected chi connectivity index (χ0v) is 12.1. The van der Waals surface area contributed by atoms with E-state index in [9.17, 15) is 4.39 Å². The summed E-state index contributed by atoms with van der Waals surface area (Å²) in [6.45, 7) is 3.08. The number of fused-ring (bicyclic) bond motifs is 3. The molecule has 0 unspecified atom stereocenters. The third-order valence-corrected chi connectivity index (χ3v) is 3.67. The van der Waals surface area contributed by atoms with Crippen LogP contribution in [0.3, 0.4) is 0 Å². The highest BCUT2D eigenvalue weighted by molar-refractivity contribution is 6.07. The summed E-state index contributed by atoms with van der Waals surface area (Å²) in [5.41, 5.74) is 2.48. The predicted molar refractivity (Wildman–Crippen MR) is 84.0 cm³/mol. The first-order valence-corrected chi connectivity index (χ1v) is 7.45. The van der Waals surface area contributed by atoms with E-state index in [1.165, 1.54) is 37.7 Å². The van der Waals surface area contributed by atoms with Crippen LogP contribution >= 0.6 is 0 Å². The first-order valence-electron chi connectivity index (χ1n) is 7.45. The van der Waals surface area contributed by atoms with Gasteiger partial charge in [0.05, 0.1) is 0 Å². The largest absolute Gasteiger partial charge is 0.368 e. The Kier molecular flexibility index (Phi) is 3.99. The van der Waals surface area contributed by atoms with Gasteiger partial charge in [0.15, 0.2) is 5.82 Å². The van der Waals surface area contributed by atoms with Crippen molar-refractivity contribution in [1.29, 1.82) is 0 Å². The maximum atomic E-state index is 13.4. The molecule has 2 heterocycles. The maximum Gasteiger partial charge on any atom is 0.153 e. The van der Waals surface area contributed by atoms with E-state index in [4.69, 9.17) is 0 Å². The molecule has 0 radical (unpaired) electrons. The van der Waals surface area contributed by atoms with Crippen molar-refractivity contribution in [3.63, 3.8) is 0 Å². The molecule has 21 heavy (non-hydrogen) atoms. The van der Waals surface area contributed by atoms with Crippen LogP contribution in [-0.2, 0) is 0 Å². The van der Waals surface area contributed by atoms with Gasteiger partial charge in [0.2, 0.25) is 0 Å². The number of hydrogen-bond acceptors (Lipinski definition) is 3. The van der Waals surface area contributed by atoms with Crippen molar-refractivity contribution in [1.82, 2.24) is 15.0 Å². The van der Waals surface area contributed by atoms with Gasteiger partial charge in [0, 0.05) is 17.4 Å². The molecule has 2 aromatic heterocycles. The van der Waals surface area contributed by atoms with Crippen molar-refractivity contribution in [2.45, 2.75) is 32.6 Å². The van der Waals surface area contributed by atoms with E-state index in [0.29, 0.717) is 0 Å². The van der Waals surface area contributed by atoms with Crippen LogP contribution in [0.2, 0.25) is 0 Å². The predicted octanol–water partition coefficient (Wildman–Crippen LogP) is 4.24. The Morgan fingerprint density at radius 3 is 2.95 bits per heavy atom. The van der Waals surface area contributed by atoms with Gasteiger partial charge in [0.1, 0.15) is 23.2 Å². The molecule has 3 rings (SSSR count). The third-order valence-electron chi connectivity index (χ3n) is 3.67. The molecule has 5 heteroatoms. The van der Waals surface area contributed by atoms with E-state index in [0.717, 1.165) is 40.7 Å². The molecule has 0 saturated carbocycles. The lowest BCUT2D eigenvalue weighted by Crippen LogP contribution is -2.04. The number of rotatable bonds is 6. The first kappa shape index (κ1) is 13.8. The second kappa shape index (κ2) is 6.08. The fourth-order valence-electron chi connectivity index (χ4n) is 2.56. The van der Waals surface area contributed by atoms with Gasteiger partial charge in [-0.15, -0.1) is 0 Å². The second-order valence-corrected chi connectivity index (χ2v) is 5.25. The topological polar surface area (TPSA) is 53.6 Å². The number of benzene rings is 1. The number of halogens is 1. The molecule has 0 aliphatic heterocycles. The molecular weight excluding hydrogens is 267 g/mol. The zero-order chi connectivity index (χ0) is 14.7. The summed E-state index contributed by atoms with van der Waals surface area (Å²) >= 11 is 0. The van der Waals surface area contributed by atoms with Crippen LogP contribution in [0.1, 0.15) is 32.6 Å². The van der Waals surface area contributed by atoms with Crippen LogP contribution in [-0.4, -0.2) is 21.5 Å². The number of hydrogen-bond donors (Lipinski definition) is 2. The van der Waals surface area contributed by atoms with Crippen molar-refractivity contribution < 1.29 is 4.39 Å². The molecule has 0 aliphatic carbocycles. The van der Waals surface area contributed by atoms with Gasteiger partial charge >= 0.3 is 0 Å². The van der Waals surface area contributed by atoms with Crippen LogP contribution < -0.4 is 5.32 Å². The first-order chi connectivity index (χ1) is 10.3. The number of aromatic amines is 1. The van der Waals surface area contributed by atoms with Crippen LogP contribution in [0, 0.1) is 5.82 Å². The Balaban J connectivity index is 1.87. The van der Waals surface area contributed by atoms with Gasteiger partial charge in [-0.2, -0.15) is 0 Å². The molecule has 4 nitrogen and oxygen atoms in total. The van der Waals surface area contributed by atoms with Crippen LogP contribution in [0.15, 0.2) is 24.5 Å². The Morgan fingerprint density at radius 1 is 1.19 bits per heavy atom. The normalized spacial score (nSPS) is 11.3.